The molecule has 0 atom stereocenters. The van der Waals surface area contributed by atoms with Crippen molar-refractivity contribution in [2.75, 3.05) is 43.7 Å². The van der Waals surface area contributed by atoms with Gasteiger partial charge in [-0.05, 0) is 42.8 Å². The fraction of sp³-hybridized carbons (Fsp3) is 0.300. The molecule has 0 saturated heterocycles. The van der Waals surface area contributed by atoms with Crippen molar-refractivity contribution in [1.29, 1.82) is 0 Å². The Balaban J connectivity index is 2.13. The number of carbonyl (C=O) groups excluding carboxylic acids is 2. The van der Waals surface area contributed by atoms with Crippen LogP contribution in [-0.4, -0.2) is 52.3 Å². The highest BCUT2D eigenvalue weighted by atomic mass is 32.2. The smallest absolute Gasteiger partial charge is 0.246 e. The molecule has 162 valence electrons. The molecule has 10 heteroatoms. The Morgan fingerprint density at radius 3 is 2.27 bits per heavy atom. The summed E-state index contributed by atoms with van der Waals surface area (Å²) in [5.41, 5.74) is 2.54. The number of nitrogens with one attached hydrogen (secondary N) is 3. The van der Waals surface area contributed by atoms with Crippen LogP contribution in [0.1, 0.15) is 12.5 Å². The Morgan fingerprint density at radius 1 is 1.03 bits per heavy atom. The van der Waals surface area contributed by atoms with Crippen molar-refractivity contribution in [1.82, 2.24) is 4.31 Å². The van der Waals surface area contributed by atoms with Crippen LogP contribution in [-0.2, 0) is 19.6 Å². The van der Waals surface area contributed by atoms with Gasteiger partial charge in [-0.25, -0.2) is 12.7 Å². The van der Waals surface area contributed by atoms with Crippen LogP contribution < -0.4 is 20.7 Å². The van der Waals surface area contributed by atoms with Crippen molar-refractivity contribution in [2.24, 2.45) is 0 Å². The van der Waals surface area contributed by atoms with Gasteiger partial charge in [-0.15, -0.1) is 0 Å². The van der Waals surface area contributed by atoms with Crippen LogP contribution in [0.4, 0.5) is 17.1 Å². The molecule has 0 heterocycles. The van der Waals surface area contributed by atoms with E-state index in [0.717, 1.165) is 9.87 Å². The van der Waals surface area contributed by atoms with Gasteiger partial charge >= 0.3 is 0 Å². The molecule has 9 nitrogen and oxygen atoms in total. The van der Waals surface area contributed by atoms with Gasteiger partial charge in [0.05, 0.1) is 13.7 Å². The summed E-state index contributed by atoms with van der Waals surface area (Å²) in [5, 5.41) is 8.38. The third-order valence-electron chi connectivity index (χ3n) is 4.20. The second kappa shape index (κ2) is 9.59. The number of anilines is 3. The maximum atomic E-state index is 12.5. The number of methoxy groups -OCH3 is 1. The van der Waals surface area contributed by atoms with Crippen molar-refractivity contribution in [3.8, 4) is 5.75 Å². The van der Waals surface area contributed by atoms with E-state index in [9.17, 15) is 18.0 Å². The van der Waals surface area contributed by atoms with Gasteiger partial charge in [0.2, 0.25) is 21.8 Å². The van der Waals surface area contributed by atoms with Crippen LogP contribution in [0, 0.1) is 6.92 Å². The van der Waals surface area contributed by atoms with Gasteiger partial charge in [0.25, 0.3) is 0 Å². The van der Waals surface area contributed by atoms with Gasteiger partial charge in [0.15, 0.2) is 0 Å². The van der Waals surface area contributed by atoms with E-state index in [1.165, 1.54) is 40.3 Å². The van der Waals surface area contributed by atoms with Crippen molar-refractivity contribution in [3.05, 3.63) is 42.0 Å². The normalized spacial score (nSPS) is 11.1. The summed E-state index contributed by atoms with van der Waals surface area (Å²) in [4.78, 5) is 23.5. The Kier molecular flexibility index (Phi) is 7.41. The molecule has 0 aliphatic heterocycles. The molecule has 2 aromatic carbocycles. The van der Waals surface area contributed by atoms with E-state index in [1.54, 1.807) is 18.2 Å². The SMILES string of the molecule is COc1ccc(NC(=O)CNc2cc(NC(C)=O)ccc2C)cc1S(=O)(=O)N(C)C. The van der Waals surface area contributed by atoms with Gasteiger partial charge in [0.1, 0.15) is 10.6 Å². The number of carbonyl (C=O) groups is 2. The number of hydrogen-bond acceptors (Lipinski definition) is 6. The lowest BCUT2D eigenvalue weighted by atomic mass is 10.1. The zero-order chi connectivity index (χ0) is 22.5. The van der Waals surface area contributed by atoms with E-state index in [2.05, 4.69) is 16.0 Å². The summed E-state index contributed by atoms with van der Waals surface area (Å²) in [5.74, 6) is -0.367. The molecule has 0 aromatic heterocycles. The molecule has 0 fully saturated rings. The summed E-state index contributed by atoms with van der Waals surface area (Å²) >= 11 is 0. The lowest BCUT2D eigenvalue weighted by molar-refractivity contribution is -0.115. The lowest BCUT2D eigenvalue weighted by Crippen LogP contribution is -2.24. The second-order valence-corrected chi connectivity index (χ2v) is 8.89. The summed E-state index contributed by atoms with van der Waals surface area (Å²) in [7, 11) is 0.468. The van der Waals surface area contributed by atoms with Gasteiger partial charge in [0, 0.05) is 38.1 Å². The largest absolute Gasteiger partial charge is 0.495 e. The van der Waals surface area contributed by atoms with Gasteiger partial charge in [-0.1, -0.05) is 6.07 Å². The first-order valence-electron chi connectivity index (χ1n) is 9.07. The number of nitrogens with zero attached hydrogens (tertiary/aromatic N) is 1. The van der Waals surface area contributed by atoms with Crippen LogP contribution in [0.2, 0.25) is 0 Å². The lowest BCUT2D eigenvalue weighted by Gasteiger charge is -2.16. The number of ether oxygens (including phenoxy) is 1. The fourth-order valence-corrected chi connectivity index (χ4v) is 3.70. The second-order valence-electron chi connectivity index (χ2n) is 6.77. The zero-order valence-electron chi connectivity index (χ0n) is 17.6. The number of sulfonamides is 1. The summed E-state index contributed by atoms with van der Waals surface area (Å²) in [6.07, 6.45) is 0. The quantitative estimate of drug-likeness (QED) is 0.587. The van der Waals surface area contributed by atoms with E-state index in [4.69, 9.17) is 4.74 Å². The molecule has 0 radical (unpaired) electrons. The third kappa shape index (κ3) is 5.71. The molecule has 0 bridgehead atoms. The maximum Gasteiger partial charge on any atom is 0.246 e. The minimum absolute atomic E-state index is 0.0420. The maximum absolute atomic E-state index is 12.5. The van der Waals surface area contributed by atoms with Crippen molar-refractivity contribution >= 4 is 38.9 Å². The number of amides is 2. The van der Waals surface area contributed by atoms with Crippen LogP contribution in [0.15, 0.2) is 41.3 Å². The predicted molar refractivity (Wildman–Crippen MR) is 116 cm³/mol. The first kappa shape index (κ1) is 23.2. The minimum atomic E-state index is -3.75. The van der Waals surface area contributed by atoms with E-state index in [0.29, 0.717) is 17.1 Å². The average molecular weight is 435 g/mol. The molecule has 0 saturated carbocycles. The average Bonchev–Trinajstić information content (AvgIpc) is 2.67. The molecule has 2 rings (SSSR count). The van der Waals surface area contributed by atoms with E-state index in [-0.39, 0.29) is 29.0 Å². The van der Waals surface area contributed by atoms with Crippen LogP contribution in [0.5, 0.6) is 5.75 Å². The molecule has 30 heavy (non-hydrogen) atoms. The molecule has 0 unspecified atom stereocenters. The highest BCUT2D eigenvalue weighted by molar-refractivity contribution is 7.89. The highest BCUT2D eigenvalue weighted by Gasteiger charge is 2.23. The van der Waals surface area contributed by atoms with Crippen molar-refractivity contribution in [2.45, 2.75) is 18.7 Å². The molecular weight excluding hydrogens is 408 g/mol. The highest BCUT2D eigenvalue weighted by Crippen LogP contribution is 2.29. The van der Waals surface area contributed by atoms with E-state index < -0.39 is 10.0 Å². The van der Waals surface area contributed by atoms with Crippen LogP contribution >= 0.6 is 0 Å². The molecule has 3 N–H and O–H groups in total. The molecule has 0 aliphatic rings. The molecule has 2 amide bonds. The Morgan fingerprint density at radius 2 is 1.67 bits per heavy atom. The zero-order valence-corrected chi connectivity index (χ0v) is 18.4. The van der Waals surface area contributed by atoms with Crippen molar-refractivity contribution in [3.63, 3.8) is 0 Å². The van der Waals surface area contributed by atoms with Crippen molar-refractivity contribution < 1.29 is 22.7 Å². The standard InChI is InChI=1S/C20H26N4O5S/c1-13-6-7-15(22-14(2)25)10-17(13)21-12-20(26)23-16-8-9-18(29-5)19(11-16)30(27,28)24(3)4/h6-11,21H,12H2,1-5H3,(H,22,25)(H,23,26). The summed E-state index contributed by atoms with van der Waals surface area (Å²) < 4.78 is 31.2. The monoisotopic (exact) mass is 434 g/mol. The first-order chi connectivity index (χ1) is 14.0. The van der Waals surface area contributed by atoms with E-state index in [1.807, 2.05) is 13.0 Å². The number of benzene rings is 2. The Labute approximate surface area is 176 Å². The first-order valence-corrected chi connectivity index (χ1v) is 10.5. The topological polar surface area (TPSA) is 117 Å². The number of rotatable bonds is 8. The Bertz CT molecular complexity index is 1050. The van der Waals surface area contributed by atoms with Crippen LogP contribution in [0.25, 0.3) is 0 Å². The summed E-state index contributed by atoms with van der Waals surface area (Å²) in [6, 6.07) is 9.74. The predicted octanol–water partition coefficient (Wildman–Crippen LogP) is 2.26. The van der Waals surface area contributed by atoms with Gasteiger partial charge in [-0.2, -0.15) is 0 Å². The number of aryl methyl sites for hydroxylation is 1. The molecule has 2 aromatic rings. The molecule has 0 spiro atoms. The number of hydrogen-bond donors (Lipinski definition) is 3. The molecule has 0 aliphatic carbocycles. The van der Waals surface area contributed by atoms with Gasteiger partial charge in [-0.3, -0.25) is 9.59 Å². The van der Waals surface area contributed by atoms with Gasteiger partial charge < -0.3 is 20.7 Å². The summed E-state index contributed by atoms with van der Waals surface area (Å²) in [6.45, 7) is 3.24. The fourth-order valence-electron chi connectivity index (χ4n) is 2.63. The van der Waals surface area contributed by atoms with E-state index >= 15 is 0 Å². The van der Waals surface area contributed by atoms with Crippen LogP contribution in [0.3, 0.4) is 0 Å². The molecular formula is C20H26N4O5S. The third-order valence-corrected chi connectivity index (χ3v) is 6.04. The Hall–Kier alpha value is -3.11. The minimum Gasteiger partial charge on any atom is -0.495 e.